The molecular weight excluding hydrogens is 270 g/mol. The summed E-state index contributed by atoms with van der Waals surface area (Å²) in [5, 5.41) is 18.3. The van der Waals surface area contributed by atoms with E-state index >= 15 is 0 Å². The van der Waals surface area contributed by atoms with Gasteiger partial charge < -0.3 is 0 Å². The molecule has 1 aliphatic rings. The lowest BCUT2D eigenvalue weighted by Gasteiger charge is -2.21. The van der Waals surface area contributed by atoms with Gasteiger partial charge in [0.1, 0.15) is 6.07 Å². The van der Waals surface area contributed by atoms with Gasteiger partial charge in [-0.3, -0.25) is 0 Å². The third-order valence-electron chi connectivity index (χ3n) is 4.00. The summed E-state index contributed by atoms with van der Waals surface area (Å²) >= 11 is 1.61. The smallest absolute Gasteiger partial charge is 0.212 e. The maximum absolute atomic E-state index is 9.29. The van der Waals surface area contributed by atoms with Gasteiger partial charge in [-0.2, -0.15) is 9.94 Å². The van der Waals surface area contributed by atoms with Crippen molar-refractivity contribution < 1.29 is 0 Å². The van der Waals surface area contributed by atoms with Crippen molar-refractivity contribution in [3.8, 4) is 11.2 Å². The average Bonchev–Trinajstić information content (AvgIpc) is 3.04. The maximum Gasteiger partial charge on any atom is 0.212 e. The molecule has 0 bridgehead atoms. The lowest BCUT2D eigenvalue weighted by atomic mass is 9.86. The van der Waals surface area contributed by atoms with E-state index in [0.717, 1.165) is 29.4 Å². The van der Waals surface area contributed by atoms with Crippen molar-refractivity contribution in [3.05, 3.63) is 22.0 Å². The molecule has 6 heteroatoms. The fraction of sp³-hybridized carbons (Fsp3) is 0.571. The number of rotatable bonds is 2. The van der Waals surface area contributed by atoms with Crippen LogP contribution in [0.1, 0.15) is 60.0 Å². The minimum Gasteiger partial charge on any atom is -0.223 e. The monoisotopic (exact) mass is 287 g/mol. The van der Waals surface area contributed by atoms with E-state index in [0.29, 0.717) is 11.6 Å². The minimum absolute atomic E-state index is 0.387. The second-order valence-corrected chi connectivity index (χ2v) is 6.50. The zero-order valence-electron chi connectivity index (χ0n) is 11.8. The van der Waals surface area contributed by atoms with Crippen LogP contribution in [0.2, 0.25) is 0 Å². The van der Waals surface area contributed by atoms with Crippen LogP contribution in [-0.2, 0) is 0 Å². The second kappa shape index (κ2) is 5.33. The van der Waals surface area contributed by atoms with Crippen LogP contribution in [0.25, 0.3) is 5.13 Å². The molecule has 1 saturated carbocycles. The summed E-state index contributed by atoms with van der Waals surface area (Å²) < 4.78 is 1.79. The number of nitrogens with zero attached hydrogens (tertiary/aromatic N) is 5. The Morgan fingerprint density at radius 2 is 2.00 bits per heavy atom. The number of aromatic nitrogens is 4. The van der Waals surface area contributed by atoms with Crippen molar-refractivity contribution in [2.24, 2.45) is 0 Å². The molecule has 0 aliphatic heterocycles. The molecule has 0 aromatic carbocycles. The summed E-state index contributed by atoms with van der Waals surface area (Å²) in [6.07, 6.45) is 5.96. The molecule has 0 saturated heterocycles. The Bertz CT molecular complexity index is 638. The molecule has 3 rings (SSSR count). The Labute approximate surface area is 122 Å². The molecule has 20 heavy (non-hydrogen) atoms. The molecular formula is C14H17N5S. The average molecular weight is 287 g/mol. The van der Waals surface area contributed by atoms with E-state index in [1.54, 1.807) is 16.0 Å². The van der Waals surface area contributed by atoms with Gasteiger partial charge in [0.25, 0.3) is 0 Å². The summed E-state index contributed by atoms with van der Waals surface area (Å²) in [7, 11) is 0. The zero-order chi connectivity index (χ0) is 14.1. The van der Waals surface area contributed by atoms with Crippen LogP contribution in [0.3, 0.4) is 0 Å². The van der Waals surface area contributed by atoms with Gasteiger partial charge in [-0.1, -0.05) is 35.8 Å². The van der Waals surface area contributed by atoms with Crippen LogP contribution < -0.4 is 0 Å². The van der Waals surface area contributed by atoms with E-state index in [1.165, 1.54) is 24.1 Å². The lowest BCUT2D eigenvalue weighted by molar-refractivity contribution is 0.429. The van der Waals surface area contributed by atoms with Gasteiger partial charge in [0.2, 0.25) is 5.13 Å². The number of thiazole rings is 1. The van der Waals surface area contributed by atoms with Crippen LogP contribution in [0, 0.1) is 25.2 Å². The highest BCUT2D eigenvalue weighted by Crippen LogP contribution is 2.35. The predicted octanol–water partition coefficient (Wildman–Crippen LogP) is 3.26. The van der Waals surface area contributed by atoms with Gasteiger partial charge >= 0.3 is 0 Å². The molecule has 0 N–H and O–H groups in total. The molecule has 0 atom stereocenters. The summed E-state index contributed by atoms with van der Waals surface area (Å²) in [4.78, 5) is 5.74. The Morgan fingerprint density at radius 3 is 2.60 bits per heavy atom. The predicted molar refractivity (Wildman–Crippen MR) is 77.0 cm³/mol. The fourth-order valence-electron chi connectivity index (χ4n) is 2.80. The van der Waals surface area contributed by atoms with Gasteiger partial charge in [-0.15, -0.1) is 5.10 Å². The SMILES string of the molecule is Cc1nc(-n2nnc(C#N)c2C2CCCCC2)sc1C. The number of hydrogen-bond acceptors (Lipinski definition) is 5. The quantitative estimate of drug-likeness (QED) is 0.850. The van der Waals surface area contributed by atoms with Crippen LogP contribution in [0.4, 0.5) is 0 Å². The largest absolute Gasteiger partial charge is 0.223 e. The van der Waals surface area contributed by atoms with Crippen molar-refractivity contribution in [2.75, 3.05) is 0 Å². The Morgan fingerprint density at radius 1 is 1.25 bits per heavy atom. The van der Waals surface area contributed by atoms with Gasteiger partial charge in [0.15, 0.2) is 5.69 Å². The summed E-state index contributed by atoms with van der Waals surface area (Å²) in [5.74, 6) is 0.387. The van der Waals surface area contributed by atoms with E-state index in [2.05, 4.69) is 28.3 Å². The molecule has 0 unspecified atom stereocenters. The maximum atomic E-state index is 9.29. The zero-order valence-corrected chi connectivity index (χ0v) is 12.6. The molecule has 2 heterocycles. The molecule has 0 amide bonds. The highest BCUT2D eigenvalue weighted by atomic mass is 32.1. The van der Waals surface area contributed by atoms with E-state index in [-0.39, 0.29) is 0 Å². The first kappa shape index (κ1) is 13.3. The van der Waals surface area contributed by atoms with Crippen LogP contribution in [0.5, 0.6) is 0 Å². The third-order valence-corrected chi connectivity index (χ3v) is 5.05. The van der Waals surface area contributed by atoms with Crippen LogP contribution in [-0.4, -0.2) is 20.0 Å². The van der Waals surface area contributed by atoms with Crippen molar-refractivity contribution in [3.63, 3.8) is 0 Å². The minimum atomic E-state index is 0.387. The number of aryl methyl sites for hydroxylation is 2. The molecule has 0 spiro atoms. The van der Waals surface area contributed by atoms with E-state index in [4.69, 9.17) is 0 Å². The first-order valence-corrected chi connectivity index (χ1v) is 7.82. The highest BCUT2D eigenvalue weighted by Gasteiger charge is 2.26. The normalized spacial score (nSPS) is 16.2. The van der Waals surface area contributed by atoms with Gasteiger partial charge in [-0.25, -0.2) is 4.98 Å². The van der Waals surface area contributed by atoms with Gasteiger partial charge in [0.05, 0.1) is 11.4 Å². The van der Waals surface area contributed by atoms with Gasteiger partial charge in [-0.05, 0) is 26.7 Å². The van der Waals surface area contributed by atoms with Crippen molar-refractivity contribution in [1.82, 2.24) is 20.0 Å². The topological polar surface area (TPSA) is 67.4 Å². The van der Waals surface area contributed by atoms with Crippen molar-refractivity contribution in [2.45, 2.75) is 51.9 Å². The molecule has 2 aromatic rings. The van der Waals surface area contributed by atoms with Gasteiger partial charge in [0, 0.05) is 10.8 Å². The summed E-state index contributed by atoms with van der Waals surface area (Å²) in [6, 6.07) is 2.19. The van der Waals surface area contributed by atoms with Crippen LogP contribution in [0.15, 0.2) is 0 Å². The standard InChI is InChI=1S/C14H17N5S/c1-9-10(2)20-14(16-9)19-13(12(8-15)17-18-19)11-6-4-3-5-7-11/h11H,3-7H2,1-2H3. The number of nitriles is 1. The molecule has 104 valence electrons. The summed E-state index contributed by atoms with van der Waals surface area (Å²) in [6.45, 7) is 4.05. The molecule has 2 aromatic heterocycles. The van der Waals surface area contributed by atoms with Crippen molar-refractivity contribution in [1.29, 1.82) is 5.26 Å². The molecule has 0 radical (unpaired) electrons. The fourth-order valence-corrected chi connectivity index (χ4v) is 3.67. The van der Waals surface area contributed by atoms with E-state index < -0.39 is 0 Å². The molecule has 1 aliphatic carbocycles. The lowest BCUT2D eigenvalue weighted by Crippen LogP contribution is -2.12. The third kappa shape index (κ3) is 2.22. The first-order valence-electron chi connectivity index (χ1n) is 7.01. The Hall–Kier alpha value is -1.74. The van der Waals surface area contributed by atoms with E-state index in [9.17, 15) is 5.26 Å². The number of hydrogen-bond donors (Lipinski definition) is 0. The van der Waals surface area contributed by atoms with Crippen molar-refractivity contribution >= 4 is 11.3 Å². The molecule has 1 fully saturated rings. The molecule has 5 nitrogen and oxygen atoms in total. The van der Waals surface area contributed by atoms with E-state index in [1.807, 2.05) is 6.92 Å². The highest BCUT2D eigenvalue weighted by molar-refractivity contribution is 7.14. The Kier molecular flexibility index (Phi) is 3.53. The second-order valence-electron chi connectivity index (χ2n) is 5.32. The Balaban J connectivity index is 2.07. The first-order chi connectivity index (χ1) is 9.70. The summed E-state index contributed by atoms with van der Waals surface area (Å²) in [5.41, 5.74) is 2.44. The van der Waals surface area contributed by atoms with Crippen LogP contribution >= 0.6 is 11.3 Å².